The smallest absolute Gasteiger partial charge is 0.297 e. The van der Waals surface area contributed by atoms with Gasteiger partial charge in [0.05, 0.1) is 0 Å². The molecule has 0 spiro atoms. The van der Waals surface area contributed by atoms with Gasteiger partial charge >= 0.3 is 0 Å². The molecular formula is C7H9O2W+. The van der Waals surface area contributed by atoms with Gasteiger partial charge in [0, 0.05) is 27.1 Å². The van der Waals surface area contributed by atoms with Crippen LogP contribution < -0.4 is 0 Å². The summed E-state index contributed by atoms with van der Waals surface area (Å²) in [5.41, 5.74) is 0. The third kappa shape index (κ3) is 2.03. The zero-order valence-corrected chi connectivity index (χ0v) is 8.55. The summed E-state index contributed by atoms with van der Waals surface area (Å²) in [7, 11) is 1.65. The maximum absolute atomic E-state index is 9.02. The number of hydrogen-bond donors (Lipinski definition) is 1. The molecule has 0 unspecified atom stereocenters. The molecule has 1 aromatic rings. The van der Waals surface area contributed by atoms with Gasteiger partial charge in [-0.15, -0.1) is 0 Å². The van der Waals surface area contributed by atoms with Crippen LogP contribution in [0.5, 0.6) is 11.5 Å². The maximum atomic E-state index is 9.02. The van der Waals surface area contributed by atoms with Gasteiger partial charge in [0.15, 0.2) is 7.11 Å². The van der Waals surface area contributed by atoms with Gasteiger partial charge in [0.25, 0.3) is 5.75 Å². The van der Waals surface area contributed by atoms with Crippen LogP contribution in [0.1, 0.15) is 0 Å². The molecule has 0 amide bonds. The number of aliphatic hydroxyl groups is 1. The van der Waals surface area contributed by atoms with Crippen molar-refractivity contribution < 1.29 is 30.9 Å². The third-order valence-electron chi connectivity index (χ3n) is 1.12. The zero-order valence-electron chi connectivity index (χ0n) is 5.61. The summed E-state index contributed by atoms with van der Waals surface area (Å²) in [5.74, 6) is 0.873. The molecule has 0 fully saturated rings. The van der Waals surface area contributed by atoms with Gasteiger partial charge in [0.2, 0.25) is 5.75 Å². The van der Waals surface area contributed by atoms with E-state index in [1.165, 1.54) is 0 Å². The zero-order chi connectivity index (χ0) is 6.69. The molecular weight excluding hydrogens is 300 g/mol. The van der Waals surface area contributed by atoms with Crippen molar-refractivity contribution in [3.63, 3.8) is 0 Å². The minimum Gasteiger partial charge on any atom is -0.582 e. The Morgan fingerprint density at radius 1 is 1.30 bits per heavy atom. The first-order valence-corrected chi connectivity index (χ1v) is 2.72. The Balaban J connectivity index is 0.000000810. The van der Waals surface area contributed by atoms with Crippen molar-refractivity contribution in [1.29, 1.82) is 0 Å². The minimum atomic E-state index is 0. The molecule has 2 N–H and O–H groups in total. The predicted molar refractivity (Wildman–Crippen MR) is 35.7 cm³/mol. The van der Waals surface area contributed by atoms with Crippen molar-refractivity contribution in [3.05, 3.63) is 24.3 Å². The molecule has 1 rings (SSSR count). The molecule has 0 saturated heterocycles. The summed E-state index contributed by atoms with van der Waals surface area (Å²) in [4.78, 5) is 0. The molecule has 0 bridgehead atoms. The number of para-hydroxylation sites is 2. The molecule has 0 saturated carbocycles. The third-order valence-corrected chi connectivity index (χ3v) is 1.12. The van der Waals surface area contributed by atoms with Crippen LogP contribution in [-0.4, -0.2) is 17.0 Å². The van der Waals surface area contributed by atoms with Crippen LogP contribution in [0.2, 0.25) is 0 Å². The summed E-state index contributed by atoms with van der Waals surface area (Å²) in [6, 6.07) is 6.98. The number of aromatic hydroxyl groups is 2. The molecule has 0 heterocycles. The summed E-state index contributed by atoms with van der Waals surface area (Å²) >= 11 is 0. The molecule has 3 heteroatoms. The first-order valence-electron chi connectivity index (χ1n) is 2.72. The van der Waals surface area contributed by atoms with Crippen LogP contribution in [0.4, 0.5) is 0 Å². The number of rotatable bonds is 1. The van der Waals surface area contributed by atoms with Crippen LogP contribution in [-0.2, 0) is 21.1 Å². The van der Waals surface area contributed by atoms with Crippen LogP contribution >= 0.6 is 0 Å². The van der Waals surface area contributed by atoms with Crippen LogP contribution in [0.25, 0.3) is 0 Å². The molecule has 10 heavy (non-hydrogen) atoms. The van der Waals surface area contributed by atoms with Gasteiger partial charge < -0.3 is 9.84 Å². The normalized spacial score (nSPS) is 8.10. The van der Waals surface area contributed by atoms with Crippen molar-refractivity contribution >= 4 is 0 Å². The maximum Gasteiger partial charge on any atom is 0.297 e. The quantitative estimate of drug-likeness (QED) is 0.615. The Kier molecular flexibility index (Phi) is 4.13. The number of benzene rings is 1. The van der Waals surface area contributed by atoms with E-state index in [1.54, 1.807) is 25.3 Å². The average Bonchev–Trinajstić information content (AvgIpc) is 1.89. The Bertz CT molecular complexity index is 201. The van der Waals surface area contributed by atoms with Gasteiger partial charge in [0.1, 0.15) is 0 Å². The Labute approximate surface area is 74.1 Å². The fourth-order valence-corrected chi connectivity index (χ4v) is 0.653. The molecule has 0 aromatic heterocycles. The average molecular weight is 309 g/mol. The van der Waals surface area contributed by atoms with Crippen LogP contribution in [0.15, 0.2) is 24.3 Å². The van der Waals surface area contributed by atoms with E-state index in [9.17, 15) is 0 Å². The first kappa shape index (κ1) is 9.51. The predicted octanol–water partition coefficient (Wildman–Crippen LogP) is 1.26. The van der Waals surface area contributed by atoms with E-state index in [1.807, 2.05) is 6.07 Å². The monoisotopic (exact) mass is 309 g/mol. The second kappa shape index (κ2) is 4.34. The molecule has 54 valence electrons. The molecule has 0 atom stereocenters. The van der Waals surface area contributed by atoms with E-state index >= 15 is 0 Å². The molecule has 0 aliphatic heterocycles. The fraction of sp³-hybridized carbons (Fsp3) is 0.143. The van der Waals surface area contributed by atoms with Gasteiger partial charge in [-0.3, -0.25) is 0 Å². The second-order valence-corrected chi connectivity index (χ2v) is 1.71. The van der Waals surface area contributed by atoms with Gasteiger partial charge in [-0.1, -0.05) is 12.1 Å². The van der Waals surface area contributed by atoms with E-state index < -0.39 is 0 Å². The Morgan fingerprint density at radius 2 is 1.90 bits per heavy atom. The van der Waals surface area contributed by atoms with E-state index in [4.69, 9.17) is 5.11 Å². The van der Waals surface area contributed by atoms with E-state index in [0.29, 0.717) is 5.75 Å². The summed E-state index contributed by atoms with van der Waals surface area (Å²) in [6.07, 6.45) is 0. The van der Waals surface area contributed by atoms with E-state index in [-0.39, 0.29) is 26.8 Å². The number of phenols is 1. The Hall–Kier alpha value is -0.492. The van der Waals surface area contributed by atoms with Crippen LogP contribution in [0, 0.1) is 0 Å². The topological polar surface area (TPSA) is 33.0 Å². The van der Waals surface area contributed by atoms with Gasteiger partial charge in [-0.25, -0.2) is 0 Å². The summed E-state index contributed by atoms with van der Waals surface area (Å²) in [6.45, 7) is 0. The molecule has 1 aromatic carbocycles. The second-order valence-electron chi connectivity index (χ2n) is 1.71. The molecule has 0 radical (unpaired) electrons. The van der Waals surface area contributed by atoms with Gasteiger partial charge in [-0.05, 0) is 6.07 Å². The van der Waals surface area contributed by atoms with Crippen LogP contribution in [0.3, 0.4) is 0 Å². The molecule has 0 aliphatic carbocycles. The van der Waals surface area contributed by atoms with E-state index in [0.717, 1.165) is 0 Å². The van der Waals surface area contributed by atoms with Crippen molar-refractivity contribution in [2.24, 2.45) is 0 Å². The standard InChI is InChI=1S/C7H8O2.W/c1-9-7-5-3-2-4-6(7)8;/h2-5,8H,1H3;/p+1. The number of ether oxygens (including phenoxy) is 1. The van der Waals surface area contributed by atoms with Gasteiger partial charge in [-0.2, -0.15) is 0 Å². The van der Waals surface area contributed by atoms with Crippen molar-refractivity contribution in [3.8, 4) is 11.5 Å². The first-order chi connectivity index (χ1) is 4.34. The largest absolute Gasteiger partial charge is 0.582 e. The fourth-order valence-electron chi connectivity index (χ4n) is 0.653. The molecule has 0 aliphatic rings. The SMILES string of the molecule is C[OH+]c1ccccc1O.[W]. The molecule has 2 nitrogen and oxygen atoms in total. The summed E-state index contributed by atoms with van der Waals surface area (Å²) < 4.78 is 3.82. The van der Waals surface area contributed by atoms with Crippen molar-refractivity contribution in [2.75, 3.05) is 7.11 Å². The summed E-state index contributed by atoms with van der Waals surface area (Å²) in [5, 5.41) is 9.02. The number of hydrogen-bond acceptors (Lipinski definition) is 1. The number of phenolic OH excluding ortho intramolecular Hbond substituents is 1. The minimum absolute atomic E-state index is 0. The van der Waals surface area contributed by atoms with Crippen molar-refractivity contribution in [2.45, 2.75) is 0 Å². The Morgan fingerprint density at radius 3 is 2.30 bits per heavy atom. The van der Waals surface area contributed by atoms with E-state index in [2.05, 4.69) is 4.74 Å². The van der Waals surface area contributed by atoms with Crippen molar-refractivity contribution in [1.82, 2.24) is 0 Å².